The van der Waals surface area contributed by atoms with Crippen LogP contribution in [0.1, 0.15) is 0 Å². The highest BCUT2D eigenvalue weighted by Crippen LogP contribution is 2.29. The molecule has 2 N–H and O–H groups in total. The number of carbonyl (C=O) groups is 1. The van der Waals surface area contributed by atoms with Crippen LogP contribution in [0.15, 0.2) is 42.5 Å². The smallest absolute Gasteiger partial charge is 0.387 e. The van der Waals surface area contributed by atoms with Crippen molar-refractivity contribution in [2.45, 2.75) is 6.61 Å². The van der Waals surface area contributed by atoms with Gasteiger partial charge in [-0.05, 0) is 24.3 Å². The lowest BCUT2D eigenvalue weighted by molar-refractivity contribution is -0.114. The number of rotatable bonds is 8. The van der Waals surface area contributed by atoms with Gasteiger partial charge in [0.2, 0.25) is 5.91 Å². The SMILES string of the molecule is COc1ccc(OC)c(NC(=O)CNc2ccccc2OC(F)F)c1. The van der Waals surface area contributed by atoms with Gasteiger partial charge in [-0.2, -0.15) is 8.78 Å². The zero-order chi connectivity index (χ0) is 18.2. The quantitative estimate of drug-likeness (QED) is 0.762. The number of methoxy groups -OCH3 is 2. The third-order valence-electron chi connectivity index (χ3n) is 3.22. The topological polar surface area (TPSA) is 68.8 Å². The molecule has 0 bridgehead atoms. The van der Waals surface area contributed by atoms with Gasteiger partial charge in [0.1, 0.15) is 17.2 Å². The first-order valence-electron chi connectivity index (χ1n) is 7.33. The second kappa shape index (κ2) is 8.72. The van der Waals surface area contributed by atoms with Crippen molar-refractivity contribution in [1.29, 1.82) is 0 Å². The van der Waals surface area contributed by atoms with Crippen molar-refractivity contribution >= 4 is 17.3 Å². The van der Waals surface area contributed by atoms with E-state index in [2.05, 4.69) is 15.4 Å². The lowest BCUT2D eigenvalue weighted by Gasteiger charge is -2.14. The van der Waals surface area contributed by atoms with E-state index in [1.54, 1.807) is 30.3 Å². The Hall–Kier alpha value is -3.03. The first kappa shape index (κ1) is 18.3. The number of benzene rings is 2. The molecule has 0 aliphatic rings. The number of amides is 1. The predicted molar refractivity (Wildman–Crippen MR) is 89.7 cm³/mol. The molecule has 134 valence electrons. The fourth-order valence-corrected chi connectivity index (χ4v) is 2.09. The summed E-state index contributed by atoms with van der Waals surface area (Å²) in [5, 5.41) is 5.43. The molecule has 0 radical (unpaired) electrons. The molecule has 2 rings (SSSR count). The molecule has 0 spiro atoms. The van der Waals surface area contributed by atoms with Gasteiger partial charge in [-0.15, -0.1) is 0 Å². The largest absolute Gasteiger partial charge is 0.497 e. The number of halogens is 2. The molecule has 25 heavy (non-hydrogen) atoms. The van der Waals surface area contributed by atoms with E-state index < -0.39 is 12.5 Å². The van der Waals surface area contributed by atoms with Gasteiger partial charge >= 0.3 is 6.61 Å². The van der Waals surface area contributed by atoms with Gasteiger partial charge < -0.3 is 24.8 Å². The highest BCUT2D eigenvalue weighted by Gasteiger charge is 2.12. The van der Waals surface area contributed by atoms with E-state index in [0.29, 0.717) is 17.2 Å². The van der Waals surface area contributed by atoms with Crippen molar-refractivity contribution in [3.05, 3.63) is 42.5 Å². The Morgan fingerprint density at radius 1 is 1.04 bits per heavy atom. The van der Waals surface area contributed by atoms with Crippen molar-refractivity contribution in [3.63, 3.8) is 0 Å². The Morgan fingerprint density at radius 2 is 1.80 bits per heavy atom. The van der Waals surface area contributed by atoms with Crippen LogP contribution in [0.3, 0.4) is 0 Å². The van der Waals surface area contributed by atoms with E-state index in [1.165, 1.54) is 26.4 Å². The van der Waals surface area contributed by atoms with E-state index in [4.69, 9.17) is 9.47 Å². The maximum absolute atomic E-state index is 12.4. The molecule has 1 amide bonds. The molecule has 0 saturated carbocycles. The number of hydrogen-bond donors (Lipinski definition) is 2. The molecular formula is C17H18F2N2O4. The molecule has 0 atom stereocenters. The lowest BCUT2D eigenvalue weighted by Crippen LogP contribution is -2.22. The van der Waals surface area contributed by atoms with Crippen LogP contribution in [-0.2, 0) is 4.79 Å². The molecule has 0 heterocycles. The molecule has 2 aromatic carbocycles. The maximum atomic E-state index is 12.4. The van der Waals surface area contributed by atoms with Gasteiger partial charge in [-0.25, -0.2) is 0 Å². The number of ether oxygens (including phenoxy) is 3. The van der Waals surface area contributed by atoms with Crippen LogP contribution in [0, 0.1) is 0 Å². The number of anilines is 2. The summed E-state index contributed by atoms with van der Waals surface area (Å²) in [6, 6.07) is 11.1. The molecule has 2 aromatic rings. The van der Waals surface area contributed by atoms with Crippen LogP contribution >= 0.6 is 0 Å². The summed E-state index contributed by atoms with van der Waals surface area (Å²) < 4.78 is 39.5. The second-order valence-electron chi connectivity index (χ2n) is 4.84. The number of nitrogens with one attached hydrogen (secondary N) is 2. The minimum Gasteiger partial charge on any atom is -0.497 e. The average Bonchev–Trinajstić information content (AvgIpc) is 2.60. The number of carbonyl (C=O) groups excluding carboxylic acids is 1. The summed E-state index contributed by atoms with van der Waals surface area (Å²) in [7, 11) is 2.99. The van der Waals surface area contributed by atoms with Gasteiger partial charge in [0.25, 0.3) is 0 Å². The summed E-state index contributed by atoms with van der Waals surface area (Å²) >= 11 is 0. The fourth-order valence-electron chi connectivity index (χ4n) is 2.09. The van der Waals surface area contributed by atoms with Crippen LogP contribution in [0.25, 0.3) is 0 Å². The van der Waals surface area contributed by atoms with E-state index in [0.717, 1.165) is 0 Å². The van der Waals surface area contributed by atoms with Crippen molar-refractivity contribution in [3.8, 4) is 17.2 Å². The van der Waals surface area contributed by atoms with Gasteiger partial charge in [0.15, 0.2) is 0 Å². The number of alkyl halides is 2. The third kappa shape index (κ3) is 5.23. The normalized spacial score (nSPS) is 10.3. The van der Waals surface area contributed by atoms with Gasteiger partial charge in [-0.1, -0.05) is 12.1 Å². The Bertz CT molecular complexity index is 726. The van der Waals surface area contributed by atoms with Crippen molar-refractivity contribution in [2.75, 3.05) is 31.4 Å². The molecule has 0 fully saturated rings. The van der Waals surface area contributed by atoms with Crippen LogP contribution in [0.5, 0.6) is 17.2 Å². The van der Waals surface area contributed by atoms with Gasteiger partial charge in [-0.3, -0.25) is 4.79 Å². The van der Waals surface area contributed by atoms with Crippen molar-refractivity contribution in [1.82, 2.24) is 0 Å². The third-order valence-corrected chi connectivity index (χ3v) is 3.22. The molecule has 0 aromatic heterocycles. The summed E-state index contributed by atoms with van der Waals surface area (Å²) in [5.41, 5.74) is 0.723. The molecular weight excluding hydrogens is 334 g/mol. The second-order valence-corrected chi connectivity index (χ2v) is 4.84. The zero-order valence-corrected chi connectivity index (χ0v) is 13.7. The molecule has 0 aliphatic carbocycles. The van der Waals surface area contributed by atoms with Gasteiger partial charge in [0, 0.05) is 6.07 Å². The zero-order valence-electron chi connectivity index (χ0n) is 13.7. The van der Waals surface area contributed by atoms with Crippen molar-refractivity contribution < 1.29 is 27.8 Å². The number of para-hydroxylation sites is 2. The summed E-state index contributed by atoms with van der Waals surface area (Å²) in [5.74, 6) is 0.595. The van der Waals surface area contributed by atoms with E-state index in [9.17, 15) is 13.6 Å². The van der Waals surface area contributed by atoms with Crippen LogP contribution < -0.4 is 24.8 Å². The minimum absolute atomic E-state index is 0.0377. The summed E-state index contributed by atoms with van der Waals surface area (Å²) in [4.78, 5) is 12.1. The maximum Gasteiger partial charge on any atom is 0.387 e. The average molecular weight is 352 g/mol. The highest BCUT2D eigenvalue weighted by atomic mass is 19.3. The van der Waals surface area contributed by atoms with Crippen molar-refractivity contribution in [2.24, 2.45) is 0 Å². The Morgan fingerprint density at radius 3 is 2.48 bits per heavy atom. The van der Waals surface area contributed by atoms with E-state index in [1.807, 2.05) is 0 Å². The first-order valence-corrected chi connectivity index (χ1v) is 7.33. The van der Waals surface area contributed by atoms with Crippen LogP contribution in [0.4, 0.5) is 20.2 Å². The molecule has 0 unspecified atom stereocenters. The molecule has 8 heteroatoms. The number of hydrogen-bond acceptors (Lipinski definition) is 5. The Labute approximate surface area is 143 Å². The minimum atomic E-state index is -2.95. The fraction of sp³-hybridized carbons (Fsp3) is 0.235. The standard InChI is InChI=1S/C17H18F2N2O4/c1-23-11-7-8-14(24-2)13(9-11)21-16(22)10-20-12-5-3-4-6-15(12)25-17(18)19/h3-9,17,20H,10H2,1-2H3,(H,21,22). The van der Waals surface area contributed by atoms with Crippen LogP contribution in [0.2, 0.25) is 0 Å². The molecule has 6 nitrogen and oxygen atoms in total. The predicted octanol–water partition coefficient (Wildman–Crippen LogP) is 3.36. The van der Waals surface area contributed by atoms with E-state index >= 15 is 0 Å². The van der Waals surface area contributed by atoms with Gasteiger partial charge in [0.05, 0.1) is 32.1 Å². The highest BCUT2D eigenvalue weighted by molar-refractivity contribution is 5.95. The Balaban J connectivity index is 2.02. The lowest BCUT2D eigenvalue weighted by atomic mass is 10.2. The van der Waals surface area contributed by atoms with E-state index in [-0.39, 0.29) is 18.0 Å². The molecule has 0 aliphatic heterocycles. The molecule has 0 saturated heterocycles. The summed E-state index contributed by atoms with van der Waals surface area (Å²) in [6.07, 6.45) is 0. The summed E-state index contributed by atoms with van der Waals surface area (Å²) in [6.45, 7) is -3.10. The Kier molecular flexibility index (Phi) is 6.39. The monoisotopic (exact) mass is 352 g/mol. The van der Waals surface area contributed by atoms with Crippen LogP contribution in [-0.4, -0.2) is 33.3 Å². The first-order chi connectivity index (χ1) is 12.0.